The number of aliphatic carboxylic acids is 1. The standard InChI is InChI=1S/C19H26BF3N2O2/c20-10-4-3-9-18(24,17(26)27)15-7-11-25(12-8-15)13-14-5-1-2-6-16(14)19(21,22)23/h1-2,5-6,15H,3-4,7-13,24H2,(H,26,27). The summed E-state index contributed by atoms with van der Waals surface area (Å²) >= 11 is 0. The molecular weight excluding hydrogens is 356 g/mol. The van der Waals surface area contributed by atoms with Crippen molar-refractivity contribution in [2.75, 3.05) is 13.1 Å². The highest BCUT2D eigenvalue weighted by molar-refractivity contribution is 6.08. The van der Waals surface area contributed by atoms with Gasteiger partial charge in [-0.05, 0) is 49.9 Å². The minimum atomic E-state index is -4.38. The van der Waals surface area contributed by atoms with Gasteiger partial charge < -0.3 is 10.8 Å². The van der Waals surface area contributed by atoms with E-state index >= 15 is 0 Å². The summed E-state index contributed by atoms with van der Waals surface area (Å²) in [6.45, 7) is 1.25. The Morgan fingerprint density at radius 2 is 1.85 bits per heavy atom. The van der Waals surface area contributed by atoms with Crippen LogP contribution in [0.2, 0.25) is 6.32 Å². The number of piperidine rings is 1. The van der Waals surface area contributed by atoms with Crippen molar-refractivity contribution in [2.24, 2.45) is 11.7 Å². The van der Waals surface area contributed by atoms with Crippen LogP contribution >= 0.6 is 0 Å². The highest BCUT2D eigenvalue weighted by Gasteiger charge is 2.43. The Hall–Kier alpha value is -1.54. The fourth-order valence-electron chi connectivity index (χ4n) is 3.83. The van der Waals surface area contributed by atoms with Gasteiger partial charge in [-0.1, -0.05) is 37.4 Å². The smallest absolute Gasteiger partial charge is 0.416 e. The Balaban J connectivity index is 2.00. The summed E-state index contributed by atoms with van der Waals surface area (Å²) in [6, 6.07) is 5.57. The highest BCUT2D eigenvalue weighted by atomic mass is 19.4. The van der Waals surface area contributed by atoms with Gasteiger partial charge in [-0.15, -0.1) is 0 Å². The fourth-order valence-corrected chi connectivity index (χ4v) is 3.83. The van der Waals surface area contributed by atoms with Crippen molar-refractivity contribution in [3.8, 4) is 0 Å². The molecule has 1 atom stereocenters. The van der Waals surface area contributed by atoms with E-state index in [9.17, 15) is 23.1 Å². The molecule has 1 heterocycles. The molecule has 1 aliphatic heterocycles. The molecule has 0 saturated carbocycles. The number of benzene rings is 1. The van der Waals surface area contributed by atoms with Crippen molar-refractivity contribution in [2.45, 2.75) is 56.7 Å². The number of hydrogen-bond donors (Lipinski definition) is 2. The molecule has 2 radical (unpaired) electrons. The first kappa shape index (κ1) is 21.8. The molecule has 1 aliphatic rings. The second kappa shape index (κ2) is 9.10. The third kappa shape index (κ3) is 5.48. The van der Waals surface area contributed by atoms with Gasteiger partial charge in [0.2, 0.25) is 0 Å². The Labute approximate surface area is 159 Å². The van der Waals surface area contributed by atoms with Gasteiger partial charge in [0.05, 0.1) is 13.4 Å². The number of halogens is 3. The summed E-state index contributed by atoms with van der Waals surface area (Å²) in [5.41, 5.74) is 4.55. The normalized spacial score (nSPS) is 19.0. The minimum absolute atomic E-state index is 0.193. The molecular formula is C19H26BF3N2O2. The van der Waals surface area contributed by atoms with E-state index in [4.69, 9.17) is 13.6 Å². The van der Waals surface area contributed by atoms with Crippen LogP contribution in [-0.4, -0.2) is 42.5 Å². The molecule has 0 aliphatic carbocycles. The molecule has 3 N–H and O–H groups in total. The van der Waals surface area contributed by atoms with Gasteiger partial charge in [0.1, 0.15) is 5.54 Å². The predicted molar refractivity (Wildman–Crippen MR) is 98.4 cm³/mol. The largest absolute Gasteiger partial charge is 0.480 e. The van der Waals surface area contributed by atoms with Gasteiger partial charge in [-0.3, -0.25) is 9.69 Å². The number of rotatable bonds is 8. The maximum absolute atomic E-state index is 13.1. The topological polar surface area (TPSA) is 66.6 Å². The number of nitrogens with two attached hydrogens (primary N) is 1. The van der Waals surface area contributed by atoms with Crippen molar-refractivity contribution < 1.29 is 23.1 Å². The van der Waals surface area contributed by atoms with Gasteiger partial charge in [-0.2, -0.15) is 13.2 Å². The summed E-state index contributed by atoms with van der Waals surface area (Å²) in [5, 5.41) is 9.62. The molecule has 148 valence electrons. The lowest BCUT2D eigenvalue weighted by Crippen LogP contribution is -2.56. The number of carboxylic acids is 1. The highest BCUT2D eigenvalue weighted by Crippen LogP contribution is 2.34. The molecule has 4 nitrogen and oxygen atoms in total. The summed E-state index contributed by atoms with van der Waals surface area (Å²) in [6.07, 6.45) is -1.04. The van der Waals surface area contributed by atoms with Crippen LogP contribution in [-0.2, 0) is 17.5 Å². The van der Waals surface area contributed by atoms with Crippen molar-refractivity contribution >= 4 is 13.8 Å². The molecule has 0 spiro atoms. The average molecular weight is 382 g/mol. The number of nitrogens with zero attached hydrogens (tertiary/aromatic N) is 1. The van der Waals surface area contributed by atoms with Crippen molar-refractivity contribution in [3.63, 3.8) is 0 Å². The summed E-state index contributed by atoms with van der Waals surface area (Å²) in [5.74, 6) is -1.21. The van der Waals surface area contributed by atoms with Crippen LogP contribution in [0.3, 0.4) is 0 Å². The van der Waals surface area contributed by atoms with Crippen LogP contribution in [0.1, 0.15) is 43.2 Å². The van der Waals surface area contributed by atoms with E-state index in [0.717, 1.165) is 12.5 Å². The Morgan fingerprint density at radius 1 is 1.22 bits per heavy atom. The summed E-state index contributed by atoms with van der Waals surface area (Å²) in [7, 11) is 5.47. The fraction of sp³-hybridized carbons (Fsp3) is 0.632. The van der Waals surface area contributed by atoms with Gasteiger partial charge >= 0.3 is 12.1 Å². The van der Waals surface area contributed by atoms with Crippen LogP contribution in [0.4, 0.5) is 13.2 Å². The van der Waals surface area contributed by atoms with E-state index in [-0.39, 0.29) is 18.0 Å². The Bertz CT molecular complexity index is 634. The van der Waals surface area contributed by atoms with E-state index in [1.165, 1.54) is 12.1 Å². The number of alkyl halides is 3. The van der Waals surface area contributed by atoms with Crippen molar-refractivity contribution in [1.82, 2.24) is 4.90 Å². The van der Waals surface area contributed by atoms with E-state index in [0.29, 0.717) is 45.1 Å². The number of likely N-dealkylation sites (tertiary alicyclic amines) is 1. The van der Waals surface area contributed by atoms with E-state index in [2.05, 4.69) is 0 Å². The molecule has 0 amide bonds. The number of carboxylic acid groups (broad SMARTS) is 1. The third-order valence-corrected chi connectivity index (χ3v) is 5.48. The third-order valence-electron chi connectivity index (χ3n) is 5.48. The lowest BCUT2D eigenvalue weighted by atomic mass is 9.75. The summed E-state index contributed by atoms with van der Waals surface area (Å²) in [4.78, 5) is 13.7. The Morgan fingerprint density at radius 3 is 2.41 bits per heavy atom. The zero-order valence-corrected chi connectivity index (χ0v) is 15.3. The van der Waals surface area contributed by atoms with Crippen LogP contribution in [0.15, 0.2) is 24.3 Å². The van der Waals surface area contributed by atoms with Crippen LogP contribution in [0.5, 0.6) is 0 Å². The molecule has 8 heteroatoms. The van der Waals surface area contributed by atoms with Crippen molar-refractivity contribution in [3.05, 3.63) is 35.4 Å². The van der Waals surface area contributed by atoms with Crippen LogP contribution in [0, 0.1) is 5.92 Å². The second-order valence-corrected chi connectivity index (χ2v) is 7.30. The molecule has 1 unspecified atom stereocenters. The van der Waals surface area contributed by atoms with E-state index in [1.54, 1.807) is 6.07 Å². The molecule has 0 aromatic heterocycles. The first-order chi connectivity index (χ1) is 12.7. The number of unbranched alkanes of at least 4 members (excludes halogenated alkanes) is 1. The Kier molecular flexibility index (Phi) is 7.34. The van der Waals surface area contributed by atoms with E-state index in [1.807, 2.05) is 4.90 Å². The van der Waals surface area contributed by atoms with Crippen LogP contribution in [0.25, 0.3) is 0 Å². The van der Waals surface area contributed by atoms with E-state index < -0.39 is 23.2 Å². The molecule has 0 bridgehead atoms. The summed E-state index contributed by atoms with van der Waals surface area (Å²) < 4.78 is 39.4. The van der Waals surface area contributed by atoms with Gasteiger partial charge in [0.15, 0.2) is 0 Å². The van der Waals surface area contributed by atoms with Crippen molar-refractivity contribution in [1.29, 1.82) is 0 Å². The molecule has 1 aromatic rings. The zero-order chi connectivity index (χ0) is 20.1. The molecule has 2 rings (SSSR count). The quantitative estimate of drug-likeness (QED) is 0.534. The maximum Gasteiger partial charge on any atom is 0.416 e. The predicted octanol–water partition coefficient (Wildman–Crippen LogP) is 3.46. The molecule has 1 fully saturated rings. The number of hydrogen-bond acceptors (Lipinski definition) is 3. The SMILES string of the molecule is [B]CCCCC(N)(C(=O)O)C1CCN(Cc2ccccc2C(F)(F)F)CC1. The minimum Gasteiger partial charge on any atom is -0.480 e. The van der Waals surface area contributed by atoms with Crippen LogP contribution < -0.4 is 5.73 Å². The lowest BCUT2D eigenvalue weighted by molar-refractivity contribution is -0.147. The zero-order valence-electron chi connectivity index (χ0n) is 15.3. The monoisotopic (exact) mass is 382 g/mol. The first-order valence-corrected chi connectivity index (χ1v) is 9.28. The second-order valence-electron chi connectivity index (χ2n) is 7.30. The van der Waals surface area contributed by atoms with Gasteiger partial charge in [0, 0.05) is 6.54 Å². The van der Waals surface area contributed by atoms with Gasteiger partial charge in [0.25, 0.3) is 0 Å². The molecule has 1 saturated heterocycles. The average Bonchev–Trinajstić information content (AvgIpc) is 2.62. The maximum atomic E-state index is 13.1. The molecule has 1 aromatic carbocycles. The van der Waals surface area contributed by atoms with Gasteiger partial charge in [-0.25, -0.2) is 0 Å². The first-order valence-electron chi connectivity index (χ1n) is 9.28. The lowest BCUT2D eigenvalue weighted by Gasteiger charge is -2.40. The number of carbonyl (C=O) groups is 1. The molecule has 27 heavy (non-hydrogen) atoms.